The zero-order valence-corrected chi connectivity index (χ0v) is 14.8. The van der Waals surface area contributed by atoms with Gasteiger partial charge in [-0.25, -0.2) is 16.8 Å². The number of ether oxygens (including phenoxy) is 1. The first kappa shape index (κ1) is 17.4. The highest BCUT2D eigenvalue weighted by Gasteiger charge is 2.31. The Morgan fingerprint density at radius 2 is 1.73 bits per heavy atom. The second kappa shape index (κ2) is 5.92. The van der Waals surface area contributed by atoms with Gasteiger partial charge in [-0.3, -0.25) is 0 Å². The van der Waals surface area contributed by atoms with E-state index in [4.69, 9.17) is 4.74 Å². The lowest BCUT2D eigenvalue weighted by molar-refractivity contribution is 0.0101. The smallest absolute Gasteiger partial charge is 0.243 e. The van der Waals surface area contributed by atoms with Crippen molar-refractivity contribution in [3.63, 3.8) is 0 Å². The zero-order chi connectivity index (χ0) is 16.7. The largest absolute Gasteiger partial charge is 0.376 e. The third-order valence-electron chi connectivity index (χ3n) is 3.68. The van der Waals surface area contributed by atoms with Gasteiger partial charge in [0.05, 0.1) is 22.5 Å². The second-order valence-electron chi connectivity index (χ2n) is 5.70. The SMILES string of the molecule is Cc1cc(S(C)(=O)=O)c(C)c(S(=O)(=O)N2CCO[C@@H](C)C2)c1. The first-order valence-corrected chi connectivity index (χ1v) is 10.3. The van der Waals surface area contributed by atoms with Crippen LogP contribution in [0.1, 0.15) is 18.1 Å². The van der Waals surface area contributed by atoms with Crippen LogP contribution in [0.5, 0.6) is 0 Å². The number of nitrogens with zero attached hydrogens (tertiary/aromatic N) is 1. The second-order valence-corrected chi connectivity index (χ2v) is 9.59. The van der Waals surface area contributed by atoms with Crippen LogP contribution in [-0.2, 0) is 24.6 Å². The van der Waals surface area contributed by atoms with E-state index in [0.29, 0.717) is 12.2 Å². The molecule has 0 amide bonds. The third-order valence-corrected chi connectivity index (χ3v) is 6.89. The molecule has 1 aliphatic heterocycles. The molecule has 2 rings (SSSR count). The highest BCUT2D eigenvalue weighted by molar-refractivity contribution is 7.91. The molecular weight excluding hydrogens is 326 g/mol. The fourth-order valence-electron chi connectivity index (χ4n) is 2.59. The summed E-state index contributed by atoms with van der Waals surface area (Å²) in [6.07, 6.45) is 0.908. The molecule has 0 N–H and O–H groups in total. The molecule has 124 valence electrons. The lowest BCUT2D eigenvalue weighted by Crippen LogP contribution is -2.44. The number of hydrogen-bond acceptors (Lipinski definition) is 5. The van der Waals surface area contributed by atoms with Crippen molar-refractivity contribution in [2.75, 3.05) is 26.0 Å². The molecule has 1 heterocycles. The van der Waals surface area contributed by atoms with Gasteiger partial charge < -0.3 is 4.74 Å². The number of aryl methyl sites for hydroxylation is 1. The van der Waals surface area contributed by atoms with E-state index in [1.807, 2.05) is 6.92 Å². The molecule has 6 nitrogen and oxygen atoms in total. The maximum atomic E-state index is 12.9. The fourth-order valence-corrected chi connectivity index (χ4v) is 5.55. The first-order chi connectivity index (χ1) is 10.0. The predicted molar refractivity (Wildman–Crippen MR) is 83.2 cm³/mol. The van der Waals surface area contributed by atoms with Gasteiger partial charge in [-0.1, -0.05) is 0 Å². The Hall–Kier alpha value is -0.960. The Labute approximate surface area is 132 Å². The minimum absolute atomic E-state index is 0.0574. The Morgan fingerprint density at radius 1 is 1.14 bits per heavy atom. The van der Waals surface area contributed by atoms with E-state index in [0.717, 1.165) is 6.26 Å². The van der Waals surface area contributed by atoms with Crippen molar-refractivity contribution in [2.24, 2.45) is 0 Å². The van der Waals surface area contributed by atoms with E-state index < -0.39 is 19.9 Å². The quantitative estimate of drug-likeness (QED) is 0.818. The van der Waals surface area contributed by atoms with Crippen LogP contribution in [0.2, 0.25) is 0 Å². The van der Waals surface area contributed by atoms with E-state index in [9.17, 15) is 16.8 Å². The molecule has 1 aliphatic rings. The highest BCUT2D eigenvalue weighted by Crippen LogP contribution is 2.28. The van der Waals surface area contributed by atoms with E-state index in [-0.39, 0.29) is 34.5 Å². The maximum absolute atomic E-state index is 12.9. The molecule has 0 aliphatic carbocycles. The average Bonchev–Trinajstić information content (AvgIpc) is 2.39. The summed E-state index contributed by atoms with van der Waals surface area (Å²) in [5, 5.41) is 0. The minimum Gasteiger partial charge on any atom is -0.376 e. The van der Waals surface area contributed by atoms with Gasteiger partial charge in [0.1, 0.15) is 0 Å². The summed E-state index contributed by atoms with van der Waals surface area (Å²) < 4.78 is 56.2. The normalized spacial score (nSPS) is 21.0. The molecule has 0 spiro atoms. The van der Waals surface area contributed by atoms with Gasteiger partial charge in [-0.2, -0.15) is 4.31 Å². The van der Waals surface area contributed by atoms with Crippen LogP contribution in [0.4, 0.5) is 0 Å². The lowest BCUT2D eigenvalue weighted by atomic mass is 10.2. The number of hydrogen-bond donors (Lipinski definition) is 0. The van der Waals surface area contributed by atoms with Crippen molar-refractivity contribution in [1.82, 2.24) is 4.31 Å². The lowest BCUT2D eigenvalue weighted by Gasteiger charge is -2.31. The zero-order valence-electron chi connectivity index (χ0n) is 13.2. The van der Waals surface area contributed by atoms with Gasteiger partial charge in [-0.15, -0.1) is 0 Å². The molecule has 0 saturated carbocycles. The molecule has 1 fully saturated rings. The molecule has 0 bridgehead atoms. The average molecular weight is 347 g/mol. The Balaban J connectivity index is 2.59. The molecule has 1 saturated heterocycles. The van der Waals surface area contributed by atoms with Gasteiger partial charge in [-0.05, 0) is 44.0 Å². The molecule has 0 unspecified atom stereocenters. The van der Waals surface area contributed by atoms with Crippen LogP contribution < -0.4 is 0 Å². The van der Waals surface area contributed by atoms with E-state index in [1.165, 1.54) is 23.4 Å². The maximum Gasteiger partial charge on any atom is 0.243 e. The first-order valence-electron chi connectivity index (χ1n) is 6.96. The van der Waals surface area contributed by atoms with E-state index in [2.05, 4.69) is 0 Å². The number of sulfonamides is 1. The number of sulfone groups is 1. The summed E-state index contributed by atoms with van der Waals surface area (Å²) in [4.78, 5) is 0.120. The third kappa shape index (κ3) is 3.34. The minimum atomic E-state index is -3.74. The molecule has 0 radical (unpaired) electrons. The summed E-state index contributed by atoms with van der Waals surface area (Å²) >= 11 is 0. The standard InChI is InChI=1S/C14H21NO5S2/c1-10-7-13(21(4,16)17)12(3)14(8-10)22(18,19)15-5-6-20-11(2)9-15/h7-8,11H,5-6,9H2,1-4H3/t11-/m0/s1. The number of rotatable bonds is 3. The summed E-state index contributed by atoms with van der Waals surface area (Å²) in [6.45, 7) is 5.91. The van der Waals surface area contributed by atoms with Crippen molar-refractivity contribution in [2.45, 2.75) is 36.7 Å². The molecule has 1 atom stereocenters. The van der Waals surface area contributed by atoms with E-state index in [1.54, 1.807) is 6.92 Å². The highest BCUT2D eigenvalue weighted by atomic mass is 32.2. The van der Waals surface area contributed by atoms with Crippen LogP contribution in [0.25, 0.3) is 0 Å². The monoisotopic (exact) mass is 347 g/mol. The summed E-state index contributed by atoms with van der Waals surface area (Å²) in [5.74, 6) is 0. The Morgan fingerprint density at radius 3 is 2.27 bits per heavy atom. The van der Waals surface area contributed by atoms with Crippen molar-refractivity contribution in [1.29, 1.82) is 0 Å². The molecule has 22 heavy (non-hydrogen) atoms. The van der Waals surface area contributed by atoms with Gasteiger partial charge in [0.25, 0.3) is 0 Å². The summed E-state index contributed by atoms with van der Waals surface area (Å²) in [7, 11) is -7.23. The predicted octanol–water partition coefficient (Wildman–Crippen LogP) is 1.12. The van der Waals surface area contributed by atoms with Gasteiger partial charge in [0.15, 0.2) is 9.84 Å². The molecular formula is C14H21NO5S2. The van der Waals surface area contributed by atoms with Crippen molar-refractivity contribution >= 4 is 19.9 Å². The topological polar surface area (TPSA) is 80.8 Å². The fraction of sp³-hybridized carbons (Fsp3) is 0.571. The van der Waals surface area contributed by atoms with Gasteiger partial charge in [0, 0.05) is 19.3 Å². The Kier molecular flexibility index (Phi) is 4.68. The number of benzene rings is 1. The van der Waals surface area contributed by atoms with E-state index >= 15 is 0 Å². The van der Waals surface area contributed by atoms with Crippen molar-refractivity contribution in [3.8, 4) is 0 Å². The van der Waals surface area contributed by atoms with Gasteiger partial charge in [0.2, 0.25) is 10.0 Å². The summed E-state index contributed by atoms with van der Waals surface area (Å²) in [6, 6.07) is 3.03. The molecule has 0 aromatic heterocycles. The summed E-state index contributed by atoms with van der Waals surface area (Å²) in [5.41, 5.74) is 0.873. The van der Waals surface area contributed by atoms with Crippen molar-refractivity contribution < 1.29 is 21.6 Å². The number of morpholine rings is 1. The molecule has 1 aromatic carbocycles. The van der Waals surface area contributed by atoms with Crippen LogP contribution in [0, 0.1) is 13.8 Å². The van der Waals surface area contributed by atoms with Gasteiger partial charge >= 0.3 is 0 Å². The Bertz CT molecular complexity index is 784. The van der Waals surface area contributed by atoms with Crippen LogP contribution in [0.3, 0.4) is 0 Å². The van der Waals surface area contributed by atoms with Crippen molar-refractivity contribution in [3.05, 3.63) is 23.3 Å². The molecule has 1 aromatic rings. The van der Waals surface area contributed by atoms with Crippen LogP contribution >= 0.6 is 0 Å². The van der Waals surface area contributed by atoms with Crippen LogP contribution in [-0.4, -0.2) is 53.2 Å². The van der Waals surface area contributed by atoms with Crippen LogP contribution in [0.15, 0.2) is 21.9 Å². The molecule has 8 heteroatoms.